The second-order valence-corrected chi connectivity index (χ2v) is 8.28. The fourth-order valence-electron chi connectivity index (χ4n) is 3.70. The predicted octanol–water partition coefficient (Wildman–Crippen LogP) is 4.68. The molecule has 0 aliphatic carbocycles. The second-order valence-electron chi connectivity index (χ2n) is 7.27. The van der Waals surface area contributed by atoms with Crippen molar-refractivity contribution in [2.45, 2.75) is 18.9 Å². The van der Waals surface area contributed by atoms with Gasteiger partial charge in [-0.25, -0.2) is 9.97 Å². The van der Waals surface area contributed by atoms with Gasteiger partial charge < -0.3 is 9.47 Å². The summed E-state index contributed by atoms with van der Waals surface area (Å²) >= 11 is 1.51. The van der Waals surface area contributed by atoms with Crippen LogP contribution in [0.4, 0.5) is 5.13 Å². The van der Waals surface area contributed by atoms with Crippen LogP contribution in [0.1, 0.15) is 23.3 Å². The van der Waals surface area contributed by atoms with Gasteiger partial charge in [0, 0.05) is 12.0 Å². The molecule has 7 heteroatoms. The van der Waals surface area contributed by atoms with Crippen LogP contribution in [-0.4, -0.2) is 42.2 Å². The first-order valence-corrected chi connectivity index (χ1v) is 10.8. The van der Waals surface area contributed by atoms with Crippen molar-refractivity contribution in [2.24, 2.45) is 0 Å². The zero-order valence-electron chi connectivity index (χ0n) is 16.6. The van der Waals surface area contributed by atoms with Crippen LogP contribution in [0.5, 0.6) is 5.75 Å². The molecule has 0 radical (unpaired) electrons. The first-order valence-electron chi connectivity index (χ1n) is 9.95. The molecule has 152 valence electrons. The Kier molecular flexibility index (Phi) is 5.06. The van der Waals surface area contributed by atoms with Gasteiger partial charge in [-0.15, -0.1) is 0 Å². The highest BCUT2D eigenvalue weighted by atomic mass is 32.1. The number of carbonyl (C=O) groups excluding carboxylic acids is 1. The summed E-state index contributed by atoms with van der Waals surface area (Å²) in [7, 11) is 1.63. The maximum atomic E-state index is 13.5. The first-order chi connectivity index (χ1) is 14.7. The zero-order chi connectivity index (χ0) is 20.5. The molecule has 0 saturated carbocycles. The number of ether oxygens (including phenoxy) is 2. The summed E-state index contributed by atoms with van der Waals surface area (Å²) in [5.74, 6) is 0.597. The van der Waals surface area contributed by atoms with E-state index in [9.17, 15) is 4.79 Å². The lowest BCUT2D eigenvalue weighted by molar-refractivity contribution is 0.0913. The Bertz CT molecular complexity index is 1180. The van der Waals surface area contributed by atoms with Crippen LogP contribution in [0.25, 0.3) is 21.1 Å². The van der Waals surface area contributed by atoms with Crippen molar-refractivity contribution < 1.29 is 14.3 Å². The molecule has 2 aromatic heterocycles. The number of aromatic nitrogens is 2. The summed E-state index contributed by atoms with van der Waals surface area (Å²) in [6, 6.07) is 17.2. The normalized spacial score (nSPS) is 16.2. The maximum Gasteiger partial charge on any atom is 0.278 e. The van der Waals surface area contributed by atoms with Crippen molar-refractivity contribution >= 4 is 43.5 Å². The number of fused-ring (bicyclic) bond motifs is 2. The van der Waals surface area contributed by atoms with Gasteiger partial charge in [0.15, 0.2) is 5.13 Å². The summed E-state index contributed by atoms with van der Waals surface area (Å²) in [4.78, 5) is 24.6. The molecule has 1 aliphatic rings. The summed E-state index contributed by atoms with van der Waals surface area (Å²) in [5, 5.41) is 1.60. The summed E-state index contributed by atoms with van der Waals surface area (Å²) in [6.07, 6.45) is 1.98. The minimum Gasteiger partial charge on any atom is -0.497 e. The standard InChI is InChI=1S/C23H21N3O3S/c1-28-16-9-11-18-15(13-16)8-10-20(24-18)22(27)26(14-17-5-4-12-29-17)23-25-19-6-2-3-7-21(19)30-23/h2-3,6-11,13,17H,4-5,12,14H2,1H3/t17-/m0/s1. The van der Waals surface area contributed by atoms with Gasteiger partial charge in [-0.2, -0.15) is 0 Å². The third kappa shape index (κ3) is 3.62. The van der Waals surface area contributed by atoms with Crippen molar-refractivity contribution in [1.82, 2.24) is 9.97 Å². The van der Waals surface area contributed by atoms with E-state index in [0.29, 0.717) is 17.4 Å². The smallest absolute Gasteiger partial charge is 0.278 e. The Labute approximate surface area is 178 Å². The minimum absolute atomic E-state index is 0.0191. The zero-order valence-corrected chi connectivity index (χ0v) is 17.4. The van der Waals surface area contributed by atoms with Gasteiger partial charge in [0.1, 0.15) is 11.4 Å². The molecule has 4 aromatic rings. The monoisotopic (exact) mass is 419 g/mol. The molecule has 0 N–H and O–H groups in total. The van der Waals surface area contributed by atoms with Gasteiger partial charge in [-0.1, -0.05) is 29.5 Å². The number of thiazole rings is 1. The van der Waals surface area contributed by atoms with Crippen molar-refractivity contribution in [3.8, 4) is 5.75 Å². The molecule has 1 fully saturated rings. The average molecular weight is 420 g/mol. The molecule has 0 spiro atoms. The van der Waals surface area contributed by atoms with Gasteiger partial charge >= 0.3 is 0 Å². The lowest BCUT2D eigenvalue weighted by Gasteiger charge is -2.22. The summed E-state index contributed by atoms with van der Waals surface area (Å²) in [5.41, 5.74) is 2.04. The van der Waals surface area contributed by atoms with E-state index >= 15 is 0 Å². The fourth-order valence-corrected chi connectivity index (χ4v) is 4.68. The van der Waals surface area contributed by atoms with Crippen molar-refractivity contribution in [2.75, 3.05) is 25.2 Å². The molecule has 3 heterocycles. The van der Waals surface area contributed by atoms with Crippen molar-refractivity contribution in [3.05, 3.63) is 60.3 Å². The molecular weight excluding hydrogens is 398 g/mol. The van der Waals surface area contributed by atoms with Crippen LogP contribution in [0.15, 0.2) is 54.6 Å². The molecule has 1 saturated heterocycles. The lowest BCUT2D eigenvalue weighted by Crippen LogP contribution is -2.37. The van der Waals surface area contributed by atoms with Crippen LogP contribution in [0.2, 0.25) is 0 Å². The highest BCUT2D eigenvalue weighted by Crippen LogP contribution is 2.31. The molecule has 0 unspecified atom stereocenters. The number of hydrogen-bond donors (Lipinski definition) is 0. The first kappa shape index (κ1) is 19.0. The van der Waals surface area contributed by atoms with E-state index in [0.717, 1.165) is 46.3 Å². The van der Waals surface area contributed by atoms with E-state index in [4.69, 9.17) is 14.5 Å². The van der Waals surface area contributed by atoms with Crippen LogP contribution >= 0.6 is 11.3 Å². The average Bonchev–Trinajstić information content (AvgIpc) is 3.45. The Morgan fingerprint density at radius 1 is 1.17 bits per heavy atom. The number of rotatable bonds is 5. The Morgan fingerprint density at radius 3 is 2.87 bits per heavy atom. The van der Waals surface area contributed by atoms with E-state index < -0.39 is 0 Å². The molecule has 30 heavy (non-hydrogen) atoms. The third-order valence-electron chi connectivity index (χ3n) is 5.28. The number of hydrogen-bond acceptors (Lipinski definition) is 6. The Morgan fingerprint density at radius 2 is 2.07 bits per heavy atom. The molecule has 1 atom stereocenters. The predicted molar refractivity (Wildman–Crippen MR) is 119 cm³/mol. The lowest BCUT2D eigenvalue weighted by atomic mass is 10.1. The van der Waals surface area contributed by atoms with Gasteiger partial charge in [0.2, 0.25) is 0 Å². The number of anilines is 1. The van der Waals surface area contributed by atoms with Gasteiger partial charge in [-0.3, -0.25) is 9.69 Å². The van der Waals surface area contributed by atoms with Crippen LogP contribution in [0, 0.1) is 0 Å². The minimum atomic E-state index is -0.165. The topological polar surface area (TPSA) is 64.5 Å². The molecule has 6 nitrogen and oxygen atoms in total. The van der Waals surface area contributed by atoms with Crippen LogP contribution in [0.3, 0.4) is 0 Å². The molecule has 2 aromatic carbocycles. The SMILES string of the molecule is COc1ccc2nc(C(=O)N(C[C@@H]3CCCO3)c3nc4ccccc4s3)ccc2c1. The number of methoxy groups -OCH3 is 1. The highest BCUT2D eigenvalue weighted by molar-refractivity contribution is 7.22. The Balaban J connectivity index is 1.52. The number of nitrogens with zero attached hydrogens (tertiary/aromatic N) is 3. The number of benzene rings is 2. The van der Waals surface area contributed by atoms with Crippen LogP contribution in [-0.2, 0) is 4.74 Å². The number of para-hydroxylation sites is 1. The van der Waals surface area contributed by atoms with E-state index in [1.165, 1.54) is 11.3 Å². The van der Waals surface area contributed by atoms with Crippen molar-refractivity contribution in [3.63, 3.8) is 0 Å². The largest absolute Gasteiger partial charge is 0.497 e. The van der Waals surface area contributed by atoms with Gasteiger partial charge in [-0.05, 0) is 49.2 Å². The van der Waals surface area contributed by atoms with E-state index in [2.05, 4.69) is 4.98 Å². The molecule has 5 rings (SSSR count). The molecule has 1 aliphatic heterocycles. The number of pyridine rings is 1. The summed E-state index contributed by atoms with van der Waals surface area (Å²) < 4.78 is 12.1. The van der Waals surface area contributed by atoms with Crippen molar-refractivity contribution in [1.29, 1.82) is 0 Å². The van der Waals surface area contributed by atoms with Gasteiger partial charge in [0.25, 0.3) is 5.91 Å². The highest BCUT2D eigenvalue weighted by Gasteiger charge is 2.27. The van der Waals surface area contributed by atoms with Crippen LogP contribution < -0.4 is 9.64 Å². The Hall–Kier alpha value is -3.03. The molecule has 0 bridgehead atoms. The quantitative estimate of drug-likeness (QED) is 0.470. The fraction of sp³-hybridized carbons (Fsp3) is 0.261. The third-order valence-corrected chi connectivity index (χ3v) is 6.34. The van der Waals surface area contributed by atoms with Gasteiger partial charge in [0.05, 0.1) is 35.5 Å². The van der Waals surface area contributed by atoms with E-state index in [1.54, 1.807) is 18.1 Å². The number of carbonyl (C=O) groups is 1. The van der Waals surface area contributed by atoms with E-state index in [1.807, 2.05) is 48.5 Å². The molecular formula is C23H21N3O3S. The molecule has 1 amide bonds. The second kappa shape index (κ2) is 8.01. The number of amides is 1. The maximum absolute atomic E-state index is 13.5. The van der Waals surface area contributed by atoms with E-state index in [-0.39, 0.29) is 12.0 Å². The summed E-state index contributed by atoms with van der Waals surface area (Å²) in [6.45, 7) is 1.21.